The van der Waals surface area contributed by atoms with Crippen LogP contribution in [0.1, 0.15) is 23.2 Å². The maximum atomic E-state index is 12.5. The normalized spacial score (nSPS) is 13.4. The van der Waals surface area contributed by atoms with E-state index in [9.17, 15) is 22.8 Å². The molecular formula is C10H11F3N2O2. The zero-order chi connectivity index (χ0) is 13.1. The predicted octanol–water partition coefficient (Wildman–Crippen LogP) is 1.76. The van der Waals surface area contributed by atoms with E-state index in [1.165, 1.54) is 17.1 Å². The molecule has 1 aromatic heterocycles. The number of Topliss-reactive ketones (excluding diaryl/α,β-unsaturated/α-hetero) is 1. The average Bonchev–Trinajstić information content (AvgIpc) is 2.62. The average molecular weight is 248 g/mol. The van der Waals surface area contributed by atoms with Crippen molar-refractivity contribution >= 4 is 12.1 Å². The highest BCUT2D eigenvalue weighted by molar-refractivity contribution is 5.95. The Hall–Kier alpha value is -1.66. The van der Waals surface area contributed by atoms with Gasteiger partial charge in [0.25, 0.3) is 0 Å². The number of alkyl halides is 3. The quantitative estimate of drug-likeness (QED) is 0.589. The lowest BCUT2D eigenvalue weighted by Crippen LogP contribution is -2.26. The topological polar surface area (TPSA) is 52.0 Å². The second-order valence-electron chi connectivity index (χ2n) is 3.67. The van der Waals surface area contributed by atoms with Gasteiger partial charge in [-0.1, -0.05) is 0 Å². The van der Waals surface area contributed by atoms with E-state index < -0.39 is 30.7 Å². The van der Waals surface area contributed by atoms with Crippen LogP contribution in [0, 0.1) is 5.92 Å². The molecule has 1 atom stereocenters. The molecule has 0 spiro atoms. The maximum Gasteiger partial charge on any atom is 0.392 e. The molecule has 0 radical (unpaired) electrons. The minimum absolute atomic E-state index is 0.118. The summed E-state index contributed by atoms with van der Waals surface area (Å²) in [5.74, 6) is -2.59. The Labute approximate surface area is 95.4 Å². The fraction of sp³-hybridized carbons (Fsp3) is 0.500. The first-order chi connectivity index (χ1) is 7.84. The molecule has 1 aromatic rings. The number of hydrogen-bond acceptors (Lipinski definition) is 3. The highest BCUT2D eigenvalue weighted by Crippen LogP contribution is 2.31. The van der Waals surface area contributed by atoms with Gasteiger partial charge in [0.1, 0.15) is 6.29 Å². The summed E-state index contributed by atoms with van der Waals surface area (Å²) in [4.78, 5) is 21.7. The molecule has 0 amide bonds. The number of halogens is 3. The van der Waals surface area contributed by atoms with Gasteiger partial charge >= 0.3 is 6.18 Å². The second kappa shape index (κ2) is 5.11. The van der Waals surface area contributed by atoms with Crippen LogP contribution in [0.3, 0.4) is 0 Å². The third-order valence-electron chi connectivity index (χ3n) is 2.30. The Bertz CT molecular complexity index is 412. The zero-order valence-corrected chi connectivity index (χ0v) is 9.07. The van der Waals surface area contributed by atoms with Gasteiger partial charge in [0, 0.05) is 26.1 Å². The Kier molecular flexibility index (Phi) is 4.03. The maximum absolute atomic E-state index is 12.5. The molecule has 17 heavy (non-hydrogen) atoms. The van der Waals surface area contributed by atoms with Crippen molar-refractivity contribution in [3.8, 4) is 0 Å². The molecule has 7 heteroatoms. The summed E-state index contributed by atoms with van der Waals surface area (Å²) < 4.78 is 38.7. The number of aromatic nitrogens is 2. The highest BCUT2D eigenvalue weighted by Gasteiger charge is 2.40. The molecule has 4 nitrogen and oxygen atoms in total. The van der Waals surface area contributed by atoms with E-state index in [4.69, 9.17) is 0 Å². The van der Waals surface area contributed by atoms with Gasteiger partial charge in [0.15, 0.2) is 5.78 Å². The van der Waals surface area contributed by atoms with Crippen molar-refractivity contribution in [2.24, 2.45) is 13.0 Å². The van der Waals surface area contributed by atoms with Gasteiger partial charge in [-0.15, -0.1) is 0 Å². The van der Waals surface area contributed by atoms with Crippen LogP contribution < -0.4 is 0 Å². The van der Waals surface area contributed by atoms with Gasteiger partial charge in [-0.05, 0) is 0 Å². The van der Waals surface area contributed by atoms with Crippen LogP contribution in [-0.4, -0.2) is 28.0 Å². The molecule has 0 fully saturated rings. The number of hydrogen-bond donors (Lipinski definition) is 0. The molecule has 0 aliphatic heterocycles. The molecule has 0 saturated carbocycles. The molecule has 0 bridgehead atoms. The summed E-state index contributed by atoms with van der Waals surface area (Å²) in [6.45, 7) is 0. The summed E-state index contributed by atoms with van der Waals surface area (Å²) in [7, 11) is 1.56. The van der Waals surface area contributed by atoms with Gasteiger partial charge in [-0.3, -0.25) is 9.48 Å². The Morgan fingerprint density at radius 1 is 1.59 bits per heavy atom. The van der Waals surface area contributed by atoms with E-state index in [2.05, 4.69) is 5.10 Å². The van der Waals surface area contributed by atoms with Gasteiger partial charge in [0.05, 0.1) is 17.7 Å². The highest BCUT2D eigenvalue weighted by atomic mass is 19.4. The summed E-state index contributed by atoms with van der Waals surface area (Å²) >= 11 is 0. The van der Waals surface area contributed by atoms with Crippen LogP contribution in [0.25, 0.3) is 0 Å². The lowest BCUT2D eigenvalue weighted by molar-refractivity contribution is -0.175. The lowest BCUT2D eigenvalue weighted by atomic mass is 9.96. The number of aryl methyl sites for hydroxylation is 1. The van der Waals surface area contributed by atoms with Crippen molar-refractivity contribution in [1.82, 2.24) is 9.78 Å². The van der Waals surface area contributed by atoms with Crippen LogP contribution in [0.15, 0.2) is 12.4 Å². The number of carbonyl (C=O) groups is 2. The predicted molar refractivity (Wildman–Crippen MR) is 52.4 cm³/mol. The molecule has 0 saturated heterocycles. The Balaban J connectivity index is 2.74. The van der Waals surface area contributed by atoms with Crippen molar-refractivity contribution < 1.29 is 22.8 Å². The summed E-state index contributed by atoms with van der Waals surface area (Å²) in [6.07, 6.45) is -3.25. The third kappa shape index (κ3) is 3.69. The Morgan fingerprint density at radius 3 is 2.65 bits per heavy atom. The monoisotopic (exact) mass is 248 g/mol. The van der Waals surface area contributed by atoms with Crippen LogP contribution in [0.5, 0.6) is 0 Å². The molecule has 0 N–H and O–H groups in total. The van der Waals surface area contributed by atoms with Gasteiger partial charge in [0.2, 0.25) is 0 Å². The molecule has 1 rings (SSSR count). The Morgan fingerprint density at radius 2 is 2.24 bits per heavy atom. The summed E-state index contributed by atoms with van der Waals surface area (Å²) in [5.41, 5.74) is 0.118. The van der Waals surface area contributed by atoms with Gasteiger partial charge < -0.3 is 4.79 Å². The number of carbonyl (C=O) groups excluding carboxylic acids is 2. The smallest absolute Gasteiger partial charge is 0.303 e. The van der Waals surface area contributed by atoms with Gasteiger partial charge in [-0.2, -0.15) is 18.3 Å². The fourth-order valence-electron chi connectivity index (χ4n) is 1.36. The lowest BCUT2D eigenvalue weighted by Gasteiger charge is -2.16. The minimum atomic E-state index is -4.54. The molecule has 94 valence electrons. The van der Waals surface area contributed by atoms with Crippen molar-refractivity contribution in [3.63, 3.8) is 0 Å². The molecular weight excluding hydrogens is 237 g/mol. The first kappa shape index (κ1) is 13.4. The van der Waals surface area contributed by atoms with E-state index in [0.29, 0.717) is 0 Å². The largest absolute Gasteiger partial charge is 0.392 e. The second-order valence-corrected chi connectivity index (χ2v) is 3.67. The first-order valence-electron chi connectivity index (χ1n) is 4.86. The standard InChI is InChI=1S/C10H11F3N2O2/c1-15-6-7(5-14-15)9(17)4-8(2-3-16)10(11,12)13/h3,5-6,8H,2,4H2,1H3/t8-/m1/s1. The van der Waals surface area contributed by atoms with Crippen LogP contribution >= 0.6 is 0 Å². The van der Waals surface area contributed by atoms with E-state index in [1.807, 2.05) is 0 Å². The van der Waals surface area contributed by atoms with Crippen LogP contribution in [-0.2, 0) is 11.8 Å². The van der Waals surface area contributed by atoms with Crippen molar-refractivity contribution in [2.45, 2.75) is 19.0 Å². The summed E-state index contributed by atoms with van der Waals surface area (Å²) in [6, 6.07) is 0. The molecule has 0 unspecified atom stereocenters. The van der Waals surface area contributed by atoms with Crippen molar-refractivity contribution in [2.75, 3.05) is 0 Å². The van der Waals surface area contributed by atoms with Gasteiger partial charge in [-0.25, -0.2) is 0 Å². The van der Waals surface area contributed by atoms with E-state index in [-0.39, 0.29) is 11.8 Å². The van der Waals surface area contributed by atoms with Crippen molar-refractivity contribution in [3.05, 3.63) is 18.0 Å². The SMILES string of the molecule is Cn1cc(C(=O)C[C@@H](CC=O)C(F)(F)F)cn1. The molecule has 0 aliphatic rings. The van der Waals surface area contributed by atoms with E-state index in [1.54, 1.807) is 7.05 Å². The first-order valence-corrected chi connectivity index (χ1v) is 4.86. The van der Waals surface area contributed by atoms with Crippen LogP contribution in [0.2, 0.25) is 0 Å². The number of aldehydes is 1. The van der Waals surface area contributed by atoms with E-state index >= 15 is 0 Å². The molecule has 0 aromatic carbocycles. The van der Waals surface area contributed by atoms with E-state index in [0.717, 1.165) is 0 Å². The molecule has 1 heterocycles. The summed E-state index contributed by atoms with van der Waals surface area (Å²) in [5, 5.41) is 3.70. The fourth-order valence-corrected chi connectivity index (χ4v) is 1.36. The van der Waals surface area contributed by atoms with Crippen molar-refractivity contribution in [1.29, 1.82) is 0 Å². The minimum Gasteiger partial charge on any atom is -0.303 e. The number of nitrogens with zero attached hydrogens (tertiary/aromatic N) is 2. The number of rotatable bonds is 5. The number of ketones is 1. The van der Waals surface area contributed by atoms with Crippen LogP contribution in [0.4, 0.5) is 13.2 Å². The molecule has 0 aliphatic carbocycles. The zero-order valence-electron chi connectivity index (χ0n) is 9.07. The third-order valence-corrected chi connectivity index (χ3v) is 2.30.